The topological polar surface area (TPSA) is 76.4 Å². The van der Waals surface area contributed by atoms with Gasteiger partial charge in [0.05, 0.1) is 22.8 Å². The van der Waals surface area contributed by atoms with Crippen LogP contribution in [0.2, 0.25) is 0 Å². The molecular formula is C34H39NO4. The molecule has 3 aromatic carbocycles. The molecule has 204 valence electrons. The van der Waals surface area contributed by atoms with Gasteiger partial charge in [0, 0.05) is 0 Å². The molecule has 0 N–H and O–H groups in total. The van der Waals surface area contributed by atoms with Gasteiger partial charge in [-0.2, -0.15) is 5.26 Å². The average Bonchev–Trinajstić information content (AvgIpc) is 2.95. The van der Waals surface area contributed by atoms with E-state index in [-0.39, 0.29) is 0 Å². The number of unbranched alkanes of at least 4 members (excludes halogenated alkanes) is 9. The van der Waals surface area contributed by atoms with Gasteiger partial charge in [-0.05, 0) is 85.5 Å². The Kier molecular flexibility index (Phi) is 12.3. The van der Waals surface area contributed by atoms with Crippen LogP contribution in [0.15, 0.2) is 66.7 Å². The van der Waals surface area contributed by atoms with Crippen LogP contribution in [0.4, 0.5) is 0 Å². The van der Waals surface area contributed by atoms with Crippen LogP contribution in [-0.4, -0.2) is 11.9 Å². The highest BCUT2D eigenvalue weighted by atomic mass is 16.5. The Balaban J connectivity index is 1.42. The Bertz CT molecular complexity index is 1240. The van der Waals surface area contributed by atoms with E-state index in [9.17, 15) is 9.59 Å². The number of hydrogen-bond acceptors (Lipinski definition) is 5. The Labute approximate surface area is 232 Å². The summed E-state index contributed by atoms with van der Waals surface area (Å²) in [5.41, 5.74) is 3.20. The van der Waals surface area contributed by atoms with Crippen molar-refractivity contribution in [1.82, 2.24) is 0 Å². The minimum absolute atomic E-state index is 0.341. The Morgan fingerprint density at radius 1 is 0.692 bits per heavy atom. The van der Waals surface area contributed by atoms with Gasteiger partial charge < -0.3 is 9.47 Å². The van der Waals surface area contributed by atoms with Gasteiger partial charge in [0.15, 0.2) is 0 Å². The van der Waals surface area contributed by atoms with Crippen LogP contribution in [0, 0.1) is 18.3 Å². The van der Waals surface area contributed by atoms with Crippen molar-refractivity contribution >= 4 is 11.9 Å². The molecule has 3 rings (SSSR count). The number of ether oxygens (including phenoxy) is 2. The van der Waals surface area contributed by atoms with Gasteiger partial charge in [-0.1, -0.05) is 76.8 Å². The van der Waals surface area contributed by atoms with Crippen LogP contribution in [0.25, 0.3) is 0 Å². The maximum absolute atomic E-state index is 12.7. The molecule has 0 aromatic heterocycles. The van der Waals surface area contributed by atoms with Crippen molar-refractivity contribution in [2.24, 2.45) is 0 Å². The van der Waals surface area contributed by atoms with Crippen molar-refractivity contribution < 1.29 is 19.1 Å². The number of rotatable bonds is 15. The molecule has 39 heavy (non-hydrogen) atoms. The number of hydrogen-bond donors (Lipinski definition) is 0. The van der Waals surface area contributed by atoms with E-state index in [0.717, 1.165) is 6.42 Å². The van der Waals surface area contributed by atoms with Gasteiger partial charge in [0.25, 0.3) is 0 Å². The van der Waals surface area contributed by atoms with Crippen molar-refractivity contribution in [1.29, 1.82) is 5.26 Å². The highest BCUT2D eigenvalue weighted by Gasteiger charge is 2.14. The van der Waals surface area contributed by atoms with Crippen LogP contribution >= 0.6 is 0 Å². The third kappa shape index (κ3) is 10.1. The molecule has 0 atom stereocenters. The second-order valence-electron chi connectivity index (χ2n) is 10.0. The first-order chi connectivity index (χ1) is 19.0. The Morgan fingerprint density at radius 3 is 1.85 bits per heavy atom. The van der Waals surface area contributed by atoms with E-state index in [1.807, 2.05) is 30.3 Å². The second kappa shape index (κ2) is 16.1. The lowest BCUT2D eigenvalue weighted by molar-refractivity contribution is 0.0730. The molecule has 0 aliphatic rings. The lowest BCUT2D eigenvalue weighted by Gasteiger charge is -2.10. The zero-order valence-electron chi connectivity index (χ0n) is 23.2. The monoisotopic (exact) mass is 525 g/mol. The van der Waals surface area contributed by atoms with Crippen LogP contribution in [0.3, 0.4) is 0 Å². The third-order valence-corrected chi connectivity index (χ3v) is 6.82. The maximum Gasteiger partial charge on any atom is 0.343 e. The summed E-state index contributed by atoms with van der Waals surface area (Å²) in [6.07, 6.45) is 14.2. The summed E-state index contributed by atoms with van der Waals surface area (Å²) < 4.78 is 11.0. The molecule has 0 bridgehead atoms. The number of aryl methyl sites for hydroxylation is 2. The quantitative estimate of drug-likeness (QED) is 0.113. The van der Waals surface area contributed by atoms with Crippen molar-refractivity contribution in [3.05, 3.63) is 94.5 Å². The van der Waals surface area contributed by atoms with E-state index in [1.165, 1.54) is 69.8 Å². The van der Waals surface area contributed by atoms with Gasteiger partial charge >= 0.3 is 11.9 Å². The van der Waals surface area contributed by atoms with Gasteiger partial charge in [0.1, 0.15) is 11.5 Å². The molecule has 0 aliphatic heterocycles. The van der Waals surface area contributed by atoms with E-state index >= 15 is 0 Å². The summed E-state index contributed by atoms with van der Waals surface area (Å²) in [7, 11) is 0. The smallest absolute Gasteiger partial charge is 0.343 e. The summed E-state index contributed by atoms with van der Waals surface area (Å²) in [4.78, 5) is 25.2. The Hall–Kier alpha value is -3.91. The van der Waals surface area contributed by atoms with E-state index in [4.69, 9.17) is 14.7 Å². The highest BCUT2D eigenvalue weighted by Crippen LogP contribution is 2.22. The van der Waals surface area contributed by atoms with Gasteiger partial charge in [0.2, 0.25) is 0 Å². The molecule has 5 heteroatoms. The molecule has 0 saturated heterocycles. The minimum atomic E-state index is -0.529. The second-order valence-corrected chi connectivity index (χ2v) is 10.0. The first-order valence-electron chi connectivity index (χ1n) is 14.1. The zero-order valence-corrected chi connectivity index (χ0v) is 23.2. The van der Waals surface area contributed by atoms with E-state index in [0.29, 0.717) is 33.8 Å². The summed E-state index contributed by atoms with van der Waals surface area (Å²) in [5, 5.41) is 8.88. The SMILES string of the molecule is CCCCCCCCCCCCc1ccc(C(=O)Oc2ccc(C(=O)Oc3ccc(C#N)cc3)cc2C)cc1. The van der Waals surface area contributed by atoms with Crippen molar-refractivity contribution in [2.75, 3.05) is 0 Å². The van der Waals surface area contributed by atoms with E-state index in [2.05, 4.69) is 6.92 Å². The minimum Gasteiger partial charge on any atom is -0.423 e. The number of nitriles is 1. The first kappa shape index (κ1) is 29.6. The lowest BCUT2D eigenvalue weighted by atomic mass is 10.0. The first-order valence-corrected chi connectivity index (χ1v) is 14.1. The fourth-order valence-electron chi connectivity index (χ4n) is 4.44. The summed E-state index contributed by atoms with van der Waals surface area (Å²) >= 11 is 0. The maximum atomic E-state index is 12.7. The summed E-state index contributed by atoms with van der Waals surface area (Å²) in [6.45, 7) is 4.03. The predicted octanol–water partition coefficient (Wildman–Crippen LogP) is 8.77. The standard InChI is InChI=1S/C34H39NO4/c1-3-4-5-6-7-8-9-10-11-12-13-27-14-18-29(19-15-27)33(36)39-32-23-20-30(24-26(32)2)34(37)38-31-21-16-28(25-35)17-22-31/h14-24H,3-13H2,1-2H3. The molecule has 5 nitrogen and oxygen atoms in total. The van der Waals surface area contributed by atoms with Crippen LogP contribution < -0.4 is 9.47 Å². The largest absolute Gasteiger partial charge is 0.423 e. The zero-order chi connectivity index (χ0) is 27.9. The van der Waals surface area contributed by atoms with Crippen LogP contribution in [0.5, 0.6) is 11.5 Å². The Morgan fingerprint density at radius 2 is 1.26 bits per heavy atom. The molecule has 0 unspecified atom stereocenters. The lowest BCUT2D eigenvalue weighted by Crippen LogP contribution is -2.11. The van der Waals surface area contributed by atoms with E-state index in [1.54, 1.807) is 49.4 Å². The van der Waals surface area contributed by atoms with Crippen LogP contribution in [0.1, 0.15) is 109 Å². The van der Waals surface area contributed by atoms with Gasteiger partial charge in [-0.15, -0.1) is 0 Å². The number of benzene rings is 3. The van der Waals surface area contributed by atoms with Crippen molar-refractivity contribution in [2.45, 2.75) is 84.5 Å². The van der Waals surface area contributed by atoms with Crippen molar-refractivity contribution in [3.8, 4) is 17.6 Å². The fourth-order valence-corrected chi connectivity index (χ4v) is 4.44. The molecule has 0 saturated carbocycles. The molecule has 0 spiro atoms. The summed E-state index contributed by atoms with van der Waals surface area (Å²) in [6, 6.07) is 20.8. The number of nitrogens with zero attached hydrogens (tertiary/aromatic N) is 1. The number of esters is 2. The van der Waals surface area contributed by atoms with Crippen LogP contribution in [-0.2, 0) is 6.42 Å². The molecule has 0 amide bonds. The molecule has 0 fully saturated rings. The molecular weight excluding hydrogens is 486 g/mol. The number of carbonyl (C=O) groups is 2. The molecule has 0 heterocycles. The van der Waals surface area contributed by atoms with Gasteiger partial charge in [-0.3, -0.25) is 0 Å². The third-order valence-electron chi connectivity index (χ3n) is 6.82. The molecule has 0 aliphatic carbocycles. The average molecular weight is 526 g/mol. The normalized spacial score (nSPS) is 10.6. The molecule has 3 aromatic rings. The predicted molar refractivity (Wildman–Crippen MR) is 154 cm³/mol. The highest BCUT2D eigenvalue weighted by molar-refractivity contribution is 5.93. The van der Waals surface area contributed by atoms with Crippen molar-refractivity contribution in [3.63, 3.8) is 0 Å². The summed E-state index contributed by atoms with van der Waals surface area (Å²) in [5.74, 6) is -0.219. The molecule has 0 radical (unpaired) electrons. The van der Waals surface area contributed by atoms with Gasteiger partial charge in [-0.25, -0.2) is 9.59 Å². The van der Waals surface area contributed by atoms with E-state index < -0.39 is 11.9 Å². The number of carbonyl (C=O) groups excluding carboxylic acids is 2. The fraction of sp³-hybridized carbons (Fsp3) is 0.382.